The quantitative estimate of drug-likeness (QED) is 0.490. The summed E-state index contributed by atoms with van der Waals surface area (Å²) in [6.07, 6.45) is 0. The van der Waals surface area contributed by atoms with Gasteiger partial charge in [0.2, 0.25) is 0 Å². The summed E-state index contributed by atoms with van der Waals surface area (Å²) in [5.41, 5.74) is 2.85. The molecule has 0 aliphatic rings. The maximum atomic E-state index is 11.3. The van der Waals surface area contributed by atoms with E-state index >= 15 is 0 Å². The number of fused-ring (bicyclic) bond motifs is 1. The molecule has 0 unspecified atom stereocenters. The molecule has 0 saturated heterocycles. The van der Waals surface area contributed by atoms with E-state index in [9.17, 15) is 15.2 Å². The zero-order valence-electron chi connectivity index (χ0n) is 13.7. The van der Waals surface area contributed by atoms with Gasteiger partial charge in [0.15, 0.2) is 0 Å². The molecule has 4 aromatic rings. The van der Waals surface area contributed by atoms with Crippen molar-refractivity contribution in [1.29, 1.82) is 5.26 Å². The number of carboxylic acid groups (broad SMARTS) is 1. The molecule has 0 amide bonds. The molecular weight excluding hydrogens is 411 g/mol. The topological polar surface area (TPSA) is 74.0 Å². The van der Waals surface area contributed by atoms with Gasteiger partial charge in [-0.3, -0.25) is 0 Å². The van der Waals surface area contributed by atoms with E-state index in [0.29, 0.717) is 15.7 Å². The Bertz CT molecular complexity index is 1170. The van der Waals surface area contributed by atoms with Crippen LogP contribution in [-0.4, -0.2) is 30.6 Å². The summed E-state index contributed by atoms with van der Waals surface area (Å²) in [4.78, 5) is 16.7. The SMILES string of the molecule is Cc1nc(-c2ccc(-c3cc4ccccc4s3)c(C#N)c2)[se]c1C(=O)O. The molecule has 0 fully saturated rings. The summed E-state index contributed by atoms with van der Waals surface area (Å²) >= 11 is 1.31. The minimum absolute atomic E-state index is 0.345. The summed E-state index contributed by atoms with van der Waals surface area (Å²) in [5.74, 6) is -0.913. The Morgan fingerprint density at radius 3 is 2.73 bits per heavy atom. The fourth-order valence-corrected chi connectivity index (χ4v) is 5.81. The van der Waals surface area contributed by atoms with Crippen molar-refractivity contribution >= 4 is 41.9 Å². The van der Waals surface area contributed by atoms with E-state index in [2.05, 4.69) is 29.3 Å². The van der Waals surface area contributed by atoms with Crippen LogP contribution in [0.4, 0.5) is 0 Å². The molecule has 2 aromatic carbocycles. The van der Waals surface area contributed by atoms with Gasteiger partial charge in [-0.05, 0) is 0 Å². The Labute approximate surface area is 159 Å². The molecule has 4 nitrogen and oxygen atoms in total. The molecule has 2 heterocycles. The van der Waals surface area contributed by atoms with Crippen molar-refractivity contribution in [2.45, 2.75) is 6.92 Å². The number of benzene rings is 2. The molecule has 6 heteroatoms. The molecule has 0 spiro atoms. The molecule has 0 aliphatic carbocycles. The number of carbonyl (C=O) groups is 1. The van der Waals surface area contributed by atoms with Crippen molar-refractivity contribution in [3.63, 3.8) is 0 Å². The average Bonchev–Trinajstić information content (AvgIpc) is 3.24. The molecule has 0 radical (unpaired) electrons. The molecule has 26 heavy (non-hydrogen) atoms. The summed E-state index contributed by atoms with van der Waals surface area (Å²) in [7, 11) is 0. The summed E-state index contributed by atoms with van der Waals surface area (Å²) < 4.78 is 2.32. The molecule has 1 N–H and O–H groups in total. The normalized spacial score (nSPS) is 10.8. The van der Waals surface area contributed by atoms with Crippen molar-refractivity contribution in [3.05, 3.63) is 64.2 Å². The van der Waals surface area contributed by atoms with Gasteiger partial charge in [0.05, 0.1) is 0 Å². The standard InChI is InChI=1S/C20H12N2O2SSe/c1-11-18(20(23)24)26-19(22-11)13-6-7-15(14(8-13)10-21)17-9-12-4-2-3-5-16(12)25-17/h2-9H,1H3,(H,23,24). The van der Waals surface area contributed by atoms with Crippen molar-refractivity contribution < 1.29 is 9.90 Å². The third-order valence-corrected chi connectivity index (χ3v) is 7.72. The van der Waals surface area contributed by atoms with Crippen molar-refractivity contribution in [1.82, 2.24) is 4.98 Å². The number of hydrogen-bond donors (Lipinski definition) is 1. The molecule has 4 rings (SSSR count). The van der Waals surface area contributed by atoms with Gasteiger partial charge < -0.3 is 0 Å². The molecule has 0 aliphatic heterocycles. The number of nitrogens with zero attached hydrogens (tertiary/aromatic N) is 2. The predicted molar refractivity (Wildman–Crippen MR) is 104 cm³/mol. The van der Waals surface area contributed by atoms with Gasteiger partial charge in [-0.1, -0.05) is 0 Å². The van der Waals surface area contributed by atoms with Crippen LogP contribution in [0, 0.1) is 18.3 Å². The van der Waals surface area contributed by atoms with E-state index in [1.165, 1.54) is 4.70 Å². The first kappa shape index (κ1) is 16.7. The Morgan fingerprint density at radius 2 is 2.04 bits per heavy atom. The third-order valence-electron chi connectivity index (χ3n) is 4.07. The van der Waals surface area contributed by atoms with Crippen LogP contribution in [0.25, 0.3) is 30.7 Å². The van der Waals surface area contributed by atoms with E-state index in [1.54, 1.807) is 18.3 Å². The van der Waals surface area contributed by atoms with Crippen LogP contribution < -0.4 is 0 Å². The van der Waals surface area contributed by atoms with Gasteiger partial charge in [-0.25, -0.2) is 0 Å². The number of carboxylic acids is 1. The third kappa shape index (κ3) is 2.87. The van der Waals surface area contributed by atoms with Gasteiger partial charge in [0.1, 0.15) is 0 Å². The number of aromatic nitrogens is 1. The Morgan fingerprint density at radius 1 is 1.23 bits per heavy atom. The zero-order chi connectivity index (χ0) is 18.3. The zero-order valence-corrected chi connectivity index (χ0v) is 16.2. The van der Waals surface area contributed by atoms with Crippen LogP contribution in [0.1, 0.15) is 20.5 Å². The van der Waals surface area contributed by atoms with Crippen molar-refractivity contribution in [2.24, 2.45) is 0 Å². The Kier molecular flexibility index (Phi) is 4.21. The maximum absolute atomic E-state index is 11.3. The van der Waals surface area contributed by atoms with E-state index < -0.39 is 5.97 Å². The minimum atomic E-state index is -0.913. The fraction of sp³-hybridized carbons (Fsp3) is 0.0500. The number of thiophene rings is 1. The molecule has 126 valence electrons. The van der Waals surface area contributed by atoms with Crippen molar-refractivity contribution in [3.8, 4) is 26.6 Å². The second-order valence-electron chi connectivity index (χ2n) is 5.76. The van der Waals surface area contributed by atoms with Crippen LogP contribution in [-0.2, 0) is 0 Å². The average molecular weight is 423 g/mol. The molecule has 2 aromatic heterocycles. The number of aromatic carboxylic acids is 1. The summed E-state index contributed by atoms with van der Waals surface area (Å²) in [5, 5.41) is 20.0. The first-order valence-electron chi connectivity index (χ1n) is 7.81. The monoisotopic (exact) mass is 424 g/mol. The van der Waals surface area contributed by atoms with Gasteiger partial charge >= 0.3 is 160 Å². The number of rotatable bonds is 3. The fourth-order valence-electron chi connectivity index (χ4n) is 2.82. The predicted octanol–water partition coefficient (Wildman–Crippen LogP) is 4.57. The second kappa shape index (κ2) is 6.54. The Balaban J connectivity index is 1.81. The van der Waals surface area contributed by atoms with E-state index in [-0.39, 0.29) is 14.5 Å². The van der Waals surface area contributed by atoms with Gasteiger partial charge in [-0.2, -0.15) is 0 Å². The molecule has 0 atom stereocenters. The summed E-state index contributed by atoms with van der Waals surface area (Å²) in [6, 6.07) is 18.2. The van der Waals surface area contributed by atoms with Gasteiger partial charge in [0.25, 0.3) is 0 Å². The second-order valence-corrected chi connectivity index (χ2v) is 8.94. The molecular formula is C20H12N2O2SSe. The molecule has 0 saturated carbocycles. The molecule has 0 bridgehead atoms. The van der Waals surface area contributed by atoms with Crippen LogP contribution in [0.2, 0.25) is 0 Å². The summed E-state index contributed by atoms with van der Waals surface area (Å²) in [6.45, 7) is 1.72. The van der Waals surface area contributed by atoms with E-state index in [1.807, 2.05) is 30.3 Å². The Hall–Kier alpha value is -2.71. The van der Waals surface area contributed by atoms with E-state index in [4.69, 9.17) is 0 Å². The first-order valence-corrected chi connectivity index (χ1v) is 10.3. The van der Waals surface area contributed by atoms with E-state index in [0.717, 1.165) is 26.0 Å². The van der Waals surface area contributed by atoms with Gasteiger partial charge in [-0.15, -0.1) is 0 Å². The number of hydrogen-bond acceptors (Lipinski definition) is 4. The van der Waals surface area contributed by atoms with Crippen molar-refractivity contribution in [2.75, 3.05) is 0 Å². The van der Waals surface area contributed by atoms with Crippen LogP contribution in [0.15, 0.2) is 48.5 Å². The van der Waals surface area contributed by atoms with Crippen LogP contribution >= 0.6 is 11.3 Å². The number of aryl methyl sites for hydroxylation is 1. The van der Waals surface area contributed by atoms with Crippen LogP contribution in [0.5, 0.6) is 0 Å². The first-order chi connectivity index (χ1) is 12.6. The number of nitriles is 1. The van der Waals surface area contributed by atoms with Crippen LogP contribution in [0.3, 0.4) is 0 Å². The van der Waals surface area contributed by atoms with Gasteiger partial charge in [0, 0.05) is 0 Å².